The summed E-state index contributed by atoms with van der Waals surface area (Å²) in [6, 6.07) is 17.0. The summed E-state index contributed by atoms with van der Waals surface area (Å²) in [5.41, 5.74) is 3.02. The fraction of sp³-hybridized carbons (Fsp3) is 0.406. The van der Waals surface area contributed by atoms with Crippen molar-refractivity contribution in [1.82, 2.24) is 0 Å². The molecule has 2 aromatic carbocycles. The van der Waals surface area contributed by atoms with E-state index in [1.54, 1.807) is 16.8 Å². The molecule has 9 heteroatoms. The van der Waals surface area contributed by atoms with Gasteiger partial charge < -0.3 is 4.74 Å². The molecule has 2 amide bonds. The number of carbonyl (C=O) groups excluding carboxylic acids is 3. The molecule has 2 saturated heterocycles. The number of fused-ring (bicyclic) bond motifs is 2. The Bertz CT molecular complexity index is 1490. The Morgan fingerprint density at radius 1 is 1.05 bits per heavy atom. The molecule has 3 heterocycles. The second kappa shape index (κ2) is 10.6. The van der Waals surface area contributed by atoms with E-state index in [1.165, 1.54) is 23.3 Å². The van der Waals surface area contributed by atoms with Crippen LogP contribution in [0.25, 0.3) is 0 Å². The van der Waals surface area contributed by atoms with Gasteiger partial charge in [0.1, 0.15) is 10.9 Å². The van der Waals surface area contributed by atoms with Crippen molar-refractivity contribution in [3.05, 3.63) is 76.2 Å². The summed E-state index contributed by atoms with van der Waals surface area (Å²) in [5, 5.41) is 2.07. The number of thioether (sulfide) groups is 1. The van der Waals surface area contributed by atoms with Crippen LogP contribution in [0.5, 0.6) is 0 Å². The van der Waals surface area contributed by atoms with Gasteiger partial charge in [0.25, 0.3) is 5.91 Å². The number of carbonyl (C=O) groups is 3. The summed E-state index contributed by atoms with van der Waals surface area (Å²) in [7, 11) is 1.34. The first-order valence-electron chi connectivity index (χ1n) is 13.9. The summed E-state index contributed by atoms with van der Waals surface area (Å²) in [6.07, 6.45) is 3.47. The van der Waals surface area contributed by atoms with Gasteiger partial charge in [-0.1, -0.05) is 51.1 Å². The molecule has 2 aliphatic heterocycles. The lowest BCUT2D eigenvalue weighted by molar-refractivity contribution is -0.126. The third kappa shape index (κ3) is 4.68. The van der Waals surface area contributed by atoms with Crippen LogP contribution < -0.4 is 9.96 Å². The predicted molar refractivity (Wildman–Crippen MR) is 161 cm³/mol. The topological polar surface area (TPSA) is 76.2 Å². The highest BCUT2D eigenvalue weighted by atomic mass is 32.2. The number of hydrogen-bond acceptors (Lipinski definition) is 8. The fourth-order valence-corrected chi connectivity index (χ4v) is 8.17. The van der Waals surface area contributed by atoms with Crippen LogP contribution in [0.2, 0.25) is 0 Å². The Labute approximate surface area is 248 Å². The molecule has 3 aromatic rings. The van der Waals surface area contributed by atoms with E-state index in [0.29, 0.717) is 22.9 Å². The van der Waals surface area contributed by atoms with Crippen molar-refractivity contribution in [2.75, 3.05) is 23.3 Å². The number of anilines is 2. The van der Waals surface area contributed by atoms with Crippen LogP contribution in [-0.2, 0) is 32.0 Å². The average molecular weight is 591 g/mol. The van der Waals surface area contributed by atoms with Crippen LogP contribution >= 0.6 is 23.1 Å². The van der Waals surface area contributed by atoms with Gasteiger partial charge in [0.05, 0.1) is 24.4 Å². The third-order valence-electron chi connectivity index (χ3n) is 8.65. The quantitative estimate of drug-likeness (QED) is 0.192. The number of ether oxygens (including phenoxy) is 1. The standard InChI is InChI=1S/C32H34N2O5S2/c1-32(2,3)19-13-16-22-23(17-19)41-30(24(22)31(37)38-4)33-28(35)25-26(18-11-14-21(40-5)15-12-18)34(39-27(25)29(33)36)20-9-7-6-8-10-20/h6-12,14-15,19,25-27H,13,16-17H2,1-5H3/t19-,25+,26-,27-/m1/s1. The monoisotopic (exact) mass is 590 g/mol. The number of hydrogen-bond donors (Lipinski definition) is 0. The maximum atomic E-state index is 14.3. The number of rotatable bonds is 5. The molecule has 1 aromatic heterocycles. The normalized spacial score (nSPS) is 24.0. The lowest BCUT2D eigenvalue weighted by Crippen LogP contribution is -2.37. The maximum absolute atomic E-state index is 14.3. The van der Waals surface area contributed by atoms with Crippen LogP contribution in [0.3, 0.4) is 0 Å². The van der Waals surface area contributed by atoms with Crippen molar-refractivity contribution >= 4 is 51.6 Å². The van der Waals surface area contributed by atoms with Crippen LogP contribution in [-0.4, -0.2) is 37.3 Å². The second-order valence-electron chi connectivity index (χ2n) is 11.9. The molecule has 1 aliphatic carbocycles. The highest BCUT2D eigenvalue weighted by Gasteiger charge is 2.61. The van der Waals surface area contributed by atoms with Crippen LogP contribution in [0.15, 0.2) is 59.5 Å². The van der Waals surface area contributed by atoms with Gasteiger partial charge in [-0.2, -0.15) is 0 Å². The van der Waals surface area contributed by atoms with Crippen molar-refractivity contribution in [2.24, 2.45) is 17.3 Å². The van der Waals surface area contributed by atoms with E-state index in [1.807, 2.05) is 60.9 Å². The summed E-state index contributed by atoms with van der Waals surface area (Å²) in [6.45, 7) is 6.69. The van der Waals surface area contributed by atoms with E-state index in [4.69, 9.17) is 9.57 Å². The molecule has 214 valence electrons. The molecule has 0 bridgehead atoms. The zero-order valence-electron chi connectivity index (χ0n) is 23.9. The lowest BCUT2D eigenvalue weighted by Gasteiger charge is -2.33. The van der Waals surface area contributed by atoms with Crippen molar-refractivity contribution in [2.45, 2.75) is 57.1 Å². The van der Waals surface area contributed by atoms with E-state index in [0.717, 1.165) is 39.4 Å². The third-order valence-corrected chi connectivity index (χ3v) is 10.6. The largest absolute Gasteiger partial charge is 0.465 e. The Morgan fingerprint density at radius 3 is 2.39 bits per heavy atom. The lowest BCUT2D eigenvalue weighted by atomic mass is 9.72. The maximum Gasteiger partial charge on any atom is 0.341 e. The summed E-state index contributed by atoms with van der Waals surface area (Å²) < 4.78 is 5.18. The van der Waals surface area contributed by atoms with Crippen molar-refractivity contribution in [3.63, 3.8) is 0 Å². The predicted octanol–water partition coefficient (Wildman–Crippen LogP) is 6.46. The first-order valence-corrected chi connectivity index (χ1v) is 15.9. The van der Waals surface area contributed by atoms with E-state index >= 15 is 0 Å². The molecule has 0 unspecified atom stereocenters. The van der Waals surface area contributed by atoms with E-state index in [2.05, 4.69) is 20.8 Å². The van der Waals surface area contributed by atoms with Gasteiger partial charge in [-0.3, -0.25) is 14.4 Å². The zero-order chi connectivity index (χ0) is 29.1. The summed E-state index contributed by atoms with van der Waals surface area (Å²) >= 11 is 3.02. The number of esters is 1. The Kier molecular flexibility index (Phi) is 7.24. The van der Waals surface area contributed by atoms with Crippen LogP contribution in [0, 0.1) is 17.3 Å². The van der Waals surface area contributed by atoms with E-state index < -0.39 is 29.9 Å². The smallest absolute Gasteiger partial charge is 0.341 e. The first-order chi connectivity index (χ1) is 19.6. The highest BCUT2D eigenvalue weighted by molar-refractivity contribution is 7.98. The summed E-state index contributed by atoms with van der Waals surface area (Å²) in [4.78, 5) is 51.2. The molecule has 0 radical (unpaired) electrons. The molecule has 7 nitrogen and oxygen atoms in total. The minimum Gasteiger partial charge on any atom is -0.465 e. The number of imide groups is 1. The highest BCUT2D eigenvalue weighted by Crippen LogP contribution is 2.51. The zero-order valence-corrected chi connectivity index (χ0v) is 25.5. The molecular weight excluding hydrogens is 556 g/mol. The number of amides is 2. The van der Waals surface area contributed by atoms with Crippen molar-refractivity contribution < 1.29 is 24.0 Å². The van der Waals surface area contributed by atoms with Gasteiger partial charge in [0.2, 0.25) is 5.91 Å². The van der Waals surface area contributed by atoms with Crippen molar-refractivity contribution in [3.8, 4) is 0 Å². The molecule has 0 saturated carbocycles. The molecule has 3 aliphatic rings. The van der Waals surface area contributed by atoms with E-state index in [9.17, 15) is 14.4 Å². The molecular formula is C32H34N2O5S2. The van der Waals surface area contributed by atoms with Gasteiger partial charge in [0.15, 0.2) is 6.10 Å². The number of thiophene rings is 1. The minimum atomic E-state index is -1.00. The molecule has 0 N–H and O–H groups in total. The molecule has 2 fully saturated rings. The van der Waals surface area contributed by atoms with Crippen LogP contribution in [0.1, 0.15) is 59.6 Å². The van der Waals surface area contributed by atoms with Gasteiger partial charge >= 0.3 is 5.97 Å². The Hall–Kier alpha value is -3.14. The molecule has 6 rings (SSSR count). The average Bonchev–Trinajstić information content (AvgIpc) is 3.62. The number of nitrogens with zero attached hydrogens (tertiary/aromatic N) is 2. The molecule has 4 atom stereocenters. The SMILES string of the molecule is COC(=O)c1c(N2C(=O)[C@H]3[C@@H](c4ccc(SC)cc4)N(c4ccccc4)O[C@H]3C2=O)sc2c1CC[C@@H](C(C)(C)C)C2. The minimum absolute atomic E-state index is 0.109. The fourth-order valence-electron chi connectivity index (χ4n) is 6.33. The Morgan fingerprint density at radius 2 is 1.76 bits per heavy atom. The number of benzene rings is 2. The van der Waals surface area contributed by atoms with Gasteiger partial charge in [0, 0.05) is 9.77 Å². The molecule has 41 heavy (non-hydrogen) atoms. The number of methoxy groups -OCH3 is 1. The van der Waals surface area contributed by atoms with Gasteiger partial charge in [-0.25, -0.2) is 14.8 Å². The second-order valence-corrected chi connectivity index (χ2v) is 13.9. The Balaban J connectivity index is 1.42. The van der Waals surface area contributed by atoms with Gasteiger partial charge in [-0.05, 0) is 72.2 Å². The molecule has 0 spiro atoms. The van der Waals surface area contributed by atoms with Gasteiger partial charge in [-0.15, -0.1) is 23.1 Å². The van der Waals surface area contributed by atoms with E-state index in [-0.39, 0.29) is 11.3 Å². The number of para-hydroxylation sites is 1. The van der Waals surface area contributed by atoms with Crippen LogP contribution in [0.4, 0.5) is 10.7 Å². The van der Waals surface area contributed by atoms with Crippen molar-refractivity contribution in [1.29, 1.82) is 0 Å². The first kappa shape index (κ1) is 28.0. The number of hydroxylamine groups is 1. The summed E-state index contributed by atoms with van der Waals surface area (Å²) in [5.74, 6) is -1.64.